The molecule has 0 saturated carbocycles. The molecule has 0 unspecified atom stereocenters. The molecule has 4 aromatic heterocycles. The van der Waals surface area contributed by atoms with Crippen LogP contribution in [0.1, 0.15) is 125 Å². The third-order valence-electron chi connectivity index (χ3n) is 20.6. The van der Waals surface area contributed by atoms with Crippen LogP contribution in [0.4, 0.5) is 68.2 Å². The molecule has 8 heteroatoms. The Morgan fingerprint density at radius 3 is 0.600 bits per heavy atom. The summed E-state index contributed by atoms with van der Waals surface area (Å²) in [6, 6.07) is 89.2. The molecule has 0 fully saturated rings. The first-order valence-electron chi connectivity index (χ1n) is 35.1. The molecule has 0 spiro atoms. The van der Waals surface area contributed by atoms with E-state index in [1.54, 1.807) is 0 Å². The van der Waals surface area contributed by atoms with Gasteiger partial charge in [0.05, 0.1) is 45.5 Å². The number of thiophene rings is 4. The van der Waals surface area contributed by atoms with E-state index in [1.165, 1.54) is 137 Å². The minimum absolute atomic E-state index is 0.0547. The smallest absolute Gasteiger partial charge is 0.0676 e. The lowest BCUT2D eigenvalue weighted by atomic mass is 9.86. The van der Waals surface area contributed by atoms with Gasteiger partial charge >= 0.3 is 0 Å². The van der Waals surface area contributed by atoms with Gasteiger partial charge in [-0.25, -0.2) is 0 Å². The highest BCUT2D eigenvalue weighted by molar-refractivity contribution is 7.21. The minimum atomic E-state index is -0.0547. The maximum absolute atomic E-state index is 2.63. The zero-order valence-corrected chi connectivity index (χ0v) is 63.6. The van der Waals surface area contributed by atoms with Crippen molar-refractivity contribution >= 4 is 186 Å². The molecule has 0 aliphatic carbocycles. The van der Waals surface area contributed by atoms with Gasteiger partial charge in [-0.2, -0.15) is 0 Å². The summed E-state index contributed by atoms with van der Waals surface area (Å²) in [5.41, 5.74) is 18.6. The van der Waals surface area contributed by atoms with Crippen molar-refractivity contribution in [2.45, 2.75) is 132 Å². The number of hydrogen-bond acceptors (Lipinski definition) is 8. The first-order chi connectivity index (χ1) is 47.8. The molecule has 0 aliphatic heterocycles. The molecule has 12 aromatic carbocycles. The summed E-state index contributed by atoms with van der Waals surface area (Å²) in [6.07, 6.45) is 0. The fourth-order valence-corrected chi connectivity index (χ4v) is 19.6. The summed E-state index contributed by atoms with van der Waals surface area (Å²) in [7, 11) is 0. The van der Waals surface area contributed by atoms with E-state index >= 15 is 0 Å². The number of aryl methyl sites for hydroxylation is 4. The van der Waals surface area contributed by atoms with Crippen molar-refractivity contribution in [3.63, 3.8) is 0 Å². The lowest BCUT2D eigenvalue weighted by Gasteiger charge is -2.35. The number of anilines is 12. The second kappa shape index (κ2) is 24.2. The normalized spacial score (nSPS) is 12.6. The number of hydrogen-bond donors (Lipinski definition) is 0. The zero-order valence-electron chi connectivity index (χ0n) is 60.4. The fourth-order valence-electron chi connectivity index (χ4n) is 15.4. The predicted molar refractivity (Wildman–Crippen MR) is 444 cm³/mol. The van der Waals surface area contributed by atoms with Crippen molar-refractivity contribution in [3.05, 3.63) is 272 Å². The zero-order chi connectivity index (χ0) is 69.6. The molecule has 0 N–H and O–H groups in total. The Hall–Kier alpha value is -9.28. The van der Waals surface area contributed by atoms with Gasteiger partial charge in [-0.3, -0.25) is 0 Å². The summed E-state index contributed by atoms with van der Waals surface area (Å²) >= 11 is 7.52. The van der Waals surface area contributed by atoms with Crippen molar-refractivity contribution in [1.82, 2.24) is 0 Å². The van der Waals surface area contributed by atoms with E-state index in [4.69, 9.17) is 0 Å². The second-order valence-corrected chi connectivity index (χ2v) is 36.5. The van der Waals surface area contributed by atoms with Crippen LogP contribution < -0.4 is 19.6 Å². The van der Waals surface area contributed by atoms with Crippen LogP contribution in [0.15, 0.2) is 231 Å². The molecule has 4 heterocycles. The van der Waals surface area contributed by atoms with Crippen LogP contribution in [0, 0.1) is 27.7 Å². The maximum atomic E-state index is 2.63. The van der Waals surface area contributed by atoms with Gasteiger partial charge < -0.3 is 19.6 Å². The lowest BCUT2D eigenvalue weighted by Crippen LogP contribution is -2.17. The highest BCUT2D eigenvalue weighted by Gasteiger charge is 2.34. The van der Waals surface area contributed by atoms with Crippen LogP contribution >= 0.6 is 45.3 Å². The Labute approximate surface area is 606 Å². The maximum Gasteiger partial charge on any atom is 0.0676 e. The lowest BCUT2D eigenvalue weighted by molar-refractivity contribution is 0.590. The molecule has 100 heavy (non-hydrogen) atoms. The summed E-state index contributed by atoms with van der Waals surface area (Å²) in [5.74, 6) is 0. The van der Waals surface area contributed by atoms with Crippen LogP contribution in [0.2, 0.25) is 0 Å². The van der Waals surface area contributed by atoms with Gasteiger partial charge in [0.1, 0.15) is 0 Å². The monoisotopic (exact) mass is 1370 g/mol. The van der Waals surface area contributed by atoms with Gasteiger partial charge in [0.25, 0.3) is 0 Å². The number of benzene rings is 12. The van der Waals surface area contributed by atoms with Gasteiger partial charge in [-0.15, -0.1) is 45.3 Å². The molecule has 0 atom stereocenters. The van der Waals surface area contributed by atoms with E-state index in [9.17, 15) is 0 Å². The third-order valence-corrected chi connectivity index (χ3v) is 24.9. The van der Waals surface area contributed by atoms with E-state index < -0.39 is 0 Å². The molecule has 4 nitrogen and oxygen atoms in total. The summed E-state index contributed by atoms with van der Waals surface area (Å²) in [6.45, 7) is 37.1. The second-order valence-electron chi connectivity index (χ2n) is 31.4. The van der Waals surface area contributed by atoms with Crippen LogP contribution in [-0.4, -0.2) is 0 Å². The average molecular weight is 1380 g/mol. The van der Waals surface area contributed by atoms with Gasteiger partial charge in [0.15, 0.2) is 0 Å². The van der Waals surface area contributed by atoms with Gasteiger partial charge in [0.2, 0.25) is 0 Å². The van der Waals surface area contributed by atoms with Crippen molar-refractivity contribution in [3.8, 4) is 0 Å². The van der Waals surface area contributed by atoms with Crippen molar-refractivity contribution < 1.29 is 0 Å². The Kier molecular flexibility index (Phi) is 15.8. The highest BCUT2D eigenvalue weighted by atomic mass is 32.1. The van der Waals surface area contributed by atoms with E-state index in [2.05, 4.69) is 361 Å². The molecule has 498 valence electrons. The molecule has 0 saturated heterocycles. The Bertz CT molecular complexity index is 5100. The molecule has 16 rings (SSSR count). The van der Waals surface area contributed by atoms with Crippen LogP contribution in [0.5, 0.6) is 0 Å². The van der Waals surface area contributed by atoms with E-state index in [1.807, 2.05) is 45.3 Å². The number of fused-ring (bicyclic) bond motifs is 4. The predicted octanol–water partition coefficient (Wildman–Crippen LogP) is 29.7. The van der Waals surface area contributed by atoms with Crippen molar-refractivity contribution in [2.75, 3.05) is 19.6 Å². The Balaban J connectivity index is 1.13. The Morgan fingerprint density at radius 2 is 0.410 bits per heavy atom. The average Bonchev–Trinajstić information content (AvgIpc) is 0.812. The Morgan fingerprint density at radius 1 is 0.220 bits per heavy atom. The van der Waals surface area contributed by atoms with Crippen LogP contribution in [0.25, 0.3) is 72.7 Å². The SMILES string of the molecule is Cc1sc2ccccc2c1N(c1ccc(C(C)(C)C)cc1)c1cc(N(c2ccc(C(C)(C)C)cc2)c2c(C)sc3ccccc23)c2ccc3c(N(c4ccc(C(C)(C)C)cc4)c4c(C)sc5ccccc45)cc(N(c4ccc(C(C)(C)C)cc4)c4c(C)sc5ccccc45)c4ccc1c2c43. The highest BCUT2D eigenvalue weighted by Crippen LogP contribution is 2.59. The van der Waals surface area contributed by atoms with E-state index in [0.29, 0.717) is 0 Å². The first kappa shape index (κ1) is 65.3. The van der Waals surface area contributed by atoms with Gasteiger partial charge in [0, 0.05) is 115 Å². The first-order valence-corrected chi connectivity index (χ1v) is 38.4. The third kappa shape index (κ3) is 11.0. The molecule has 0 amide bonds. The molecule has 0 radical (unpaired) electrons. The summed E-state index contributed by atoms with van der Waals surface area (Å²) in [5, 5.41) is 12.0. The number of nitrogens with zero attached hydrogens (tertiary/aromatic N) is 4. The van der Waals surface area contributed by atoms with Crippen LogP contribution in [-0.2, 0) is 21.7 Å². The van der Waals surface area contributed by atoms with E-state index in [0.717, 1.165) is 45.5 Å². The van der Waals surface area contributed by atoms with Gasteiger partial charge in [-0.1, -0.05) is 229 Å². The van der Waals surface area contributed by atoms with Crippen LogP contribution in [0.3, 0.4) is 0 Å². The molecule has 0 bridgehead atoms. The standard InChI is InChI=1S/C92H86N4S4/c1-55-85(71-25-17-21-29-79(71)97-55)93(63-41-33-59(34-42-63)89(5,6)7)75-53-76(94(64-43-35-60(36-44-64)90(8,9)10)86-56(2)98-80-30-22-18-26-72(80)86)68-51-52-70-78(96(66-47-39-62(40-48-66)92(14,15)16)88-58(4)100-82-32-24-20-28-74(82)88)54-77(69-50-49-67(75)83(68)84(69)70)95(65-45-37-61(38-46-65)91(11,12)13)87-57(3)99-81-31-23-19-27-73(81)87/h17-54H,1-16H3. The molecule has 16 aromatic rings. The molecule has 0 aliphatic rings. The van der Waals surface area contributed by atoms with Gasteiger partial charge in [-0.05, 0) is 157 Å². The van der Waals surface area contributed by atoms with Crippen molar-refractivity contribution in [1.29, 1.82) is 0 Å². The summed E-state index contributed by atoms with van der Waals surface area (Å²) < 4.78 is 5.05. The largest absolute Gasteiger partial charge is 0.308 e. The topological polar surface area (TPSA) is 13.0 Å². The summed E-state index contributed by atoms with van der Waals surface area (Å²) in [4.78, 5) is 15.5. The van der Waals surface area contributed by atoms with E-state index in [-0.39, 0.29) is 21.7 Å². The molecular formula is C92H86N4S4. The number of rotatable bonds is 12. The molecular weight excluding hydrogens is 1290 g/mol. The quantitative estimate of drug-likeness (QED) is 0.113. The minimum Gasteiger partial charge on any atom is -0.308 e. The fraction of sp³-hybridized carbons (Fsp3) is 0.217. The van der Waals surface area contributed by atoms with Crippen molar-refractivity contribution in [2.24, 2.45) is 0 Å².